The van der Waals surface area contributed by atoms with Gasteiger partial charge in [0.05, 0.1) is 0 Å². The fourth-order valence-electron chi connectivity index (χ4n) is 1.14. The van der Waals surface area contributed by atoms with E-state index in [1.54, 1.807) is 24.6 Å². The molecule has 0 radical (unpaired) electrons. The van der Waals surface area contributed by atoms with Crippen LogP contribution in [0, 0.1) is 0 Å². The average molecular weight is 295 g/mol. The van der Waals surface area contributed by atoms with Gasteiger partial charge in [0.2, 0.25) is 0 Å². The summed E-state index contributed by atoms with van der Waals surface area (Å²) in [6.07, 6.45) is 12.5. The normalized spacial score (nSPS) is 12.5. The van der Waals surface area contributed by atoms with Crippen LogP contribution in [0.25, 0.3) is 12.4 Å². The molecule has 2 aromatic rings. The SMILES string of the molecule is O=[P+](OCC=Cn1cncn1)OCC=Cn1cncn1. The second-order valence-corrected chi connectivity index (χ2v) is 4.30. The van der Waals surface area contributed by atoms with Crippen LogP contribution in [0.15, 0.2) is 37.5 Å². The van der Waals surface area contributed by atoms with Crippen LogP contribution >= 0.6 is 8.25 Å². The molecule has 104 valence electrons. The molecule has 0 aromatic carbocycles. The maximum Gasteiger partial charge on any atom is 0.698 e. The summed E-state index contributed by atoms with van der Waals surface area (Å²) < 4.78 is 24.2. The van der Waals surface area contributed by atoms with Gasteiger partial charge in [-0.2, -0.15) is 10.2 Å². The van der Waals surface area contributed by atoms with Gasteiger partial charge in [0.1, 0.15) is 38.5 Å². The van der Waals surface area contributed by atoms with E-state index < -0.39 is 8.25 Å². The minimum atomic E-state index is -2.16. The van der Waals surface area contributed by atoms with Gasteiger partial charge in [0.15, 0.2) is 0 Å². The average Bonchev–Trinajstić information content (AvgIpc) is 3.13. The van der Waals surface area contributed by atoms with Gasteiger partial charge >= 0.3 is 8.25 Å². The Labute approximate surface area is 115 Å². The Bertz CT molecular complexity index is 516. The molecule has 0 aliphatic heterocycles. The van der Waals surface area contributed by atoms with Gasteiger partial charge < -0.3 is 0 Å². The van der Waals surface area contributed by atoms with E-state index in [1.165, 1.54) is 34.7 Å². The van der Waals surface area contributed by atoms with Crippen LogP contribution in [-0.2, 0) is 13.6 Å². The number of hydrogen-bond acceptors (Lipinski definition) is 7. The molecule has 0 aliphatic rings. The third-order valence-corrected chi connectivity index (χ3v) is 2.66. The summed E-state index contributed by atoms with van der Waals surface area (Å²) in [6.45, 7) is 0.309. The monoisotopic (exact) mass is 295 g/mol. The Balaban J connectivity index is 1.58. The van der Waals surface area contributed by atoms with E-state index in [0.717, 1.165) is 0 Å². The number of aromatic nitrogens is 6. The van der Waals surface area contributed by atoms with Crippen molar-refractivity contribution >= 4 is 20.7 Å². The third kappa shape index (κ3) is 5.19. The lowest BCUT2D eigenvalue weighted by Crippen LogP contribution is -1.90. The topological polar surface area (TPSA) is 97.0 Å². The molecule has 2 heterocycles. The lowest BCUT2D eigenvalue weighted by molar-refractivity contribution is 0.261. The quantitative estimate of drug-likeness (QED) is 0.675. The maximum absolute atomic E-state index is 11.3. The highest BCUT2D eigenvalue weighted by molar-refractivity contribution is 7.33. The van der Waals surface area contributed by atoms with E-state index in [0.29, 0.717) is 0 Å². The summed E-state index contributed by atoms with van der Waals surface area (Å²) in [6, 6.07) is 0. The van der Waals surface area contributed by atoms with E-state index in [1.807, 2.05) is 0 Å². The summed E-state index contributed by atoms with van der Waals surface area (Å²) in [5.41, 5.74) is 0. The summed E-state index contributed by atoms with van der Waals surface area (Å²) in [5, 5.41) is 7.71. The number of hydrogen-bond donors (Lipinski definition) is 0. The van der Waals surface area contributed by atoms with E-state index in [-0.39, 0.29) is 13.2 Å². The van der Waals surface area contributed by atoms with Crippen molar-refractivity contribution in [3.8, 4) is 0 Å². The Kier molecular flexibility index (Phi) is 5.71. The predicted octanol–water partition coefficient (Wildman–Crippen LogP) is 1.20. The molecule has 2 aromatic heterocycles. The van der Waals surface area contributed by atoms with Gasteiger partial charge in [0, 0.05) is 17.0 Å². The molecule has 10 heteroatoms. The highest BCUT2D eigenvalue weighted by Crippen LogP contribution is 2.23. The molecule has 0 bridgehead atoms. The summed E-state index contributed by atoms with van der Waals surface area (Å²) in [5.74, 6) is 0. The highest BCUT2D eigenvalue weighted by Gasteiger charge is 2.17. The maximum atomic E-state index is 11.3. The van der Waals surface area contributed by atoms with Crippen LogP contribution in [0.4, 0.5) is 0 Å². The molecule has 0 aliphatic carbocycles. The van der Waals surface area contributed by atoms with Crippen molar-refractivity contribution in [1.82, 2.24) is 29.5 Å². The largest absolute Gasteiger partial charge is 0.698 e. The molecule has 0 fully saturated rings. The first-order valence-corrected chi connectivity index (χ1v) is 6.69. The molecular weight excluding hydrogens is 283 g/mol. The van der Waals surface area contributed by atoms with Crippen LogP contribution < -0.4 is 0 Å². The van der Waals surface area contributed by atoms with Crippen molar-refractivity contribution in [3.63, 3.8) is 0 Å². The Morgan fingerprint density at radius 2 is 1.45 bits per heavy atom. The molecular formula is C10H12N6O3P+. The summed E-state index contributed by atoms with van der Waals surface area (Å²) in [4.78, 5) is 7.53. The van der Waals surface area contributed by atoms with Crippen molar-refractivity contribution in [2.24, 2.45) is 0 Å². The zero-order chi connectivity index (χ0) is 14.0. The van der Waals surface area contributed by atoms with E-state index >= 15 is 0 Å². The molecule has 0 amide bonds. The number of nitrogens with zero attached hydrogens (tertiary/aromatic N) is 6. The molecule has 0 atom stereocenters. The minimum Gasteiger partial charge on any atom is -0.229 e. The lowest BCUT2D eigenvalue weighted by atomic mass is 10.6. The van der Waals surface area contributed by atoms with Crippen molar-refractivity contribution in [3.05, 3.63) is 37.5 Å². The van der Waals surface area contributed by atoms with Gasteiger partial charge in [-0.3, -0.25) is 0 Å². The summed E-state index contributed by atoms with van der Waals surface area (Å²) in [7, 11) is -2.16. The fraction of sp³-hybridized carbons (Fsp3) is 0.200. The van der Waals surface area contributed by atoms with Gasteiger partial charge in [0.25, 0.3) is 0 Å². The van der Waals surface area contributed by atoms with Crippen LogP contribution in [-0.4, -0.2) is 42.7 Å². The smallest absolute Gasteiger partial charge is 0.229 e. The number of rotatable bonds is 8. The van der Waals surface area contributed by atoms with Gasteiger partial charge in [-0.05, 0) is 12.2 Å². The molecule has 0 saturated carbocycles. The molecule has 9 nitrogen and oxygen atoms in total. The van der Waals surface area contributed by atoms with Gasteiger partial charge in [-0.1, -0.05) is 0 Å². The van der Waals surface area contributed by atoms with E-state index in [2.05, 4.69) is 20.2 Å². The predicted molar refractivity (Wildman–Crippen MR) is 70.2 cm³/mol. The van der Waals surface area contributed by atoms with Crippen molar-refractivity contribution in [2.75, 3.05) is 13.2 Å². The molecule has 0 spiro atoms. The van der Waals surface area contributed by atoms with E-state index in [4.69, 9.17) is 9.05 Å². The molecule has 2 rings (SSSR count). The molecule has 0 unspecified atom stereocenters. The molecule has 20 heavy (non-hydrogen) atoms. The van der Waals surface area contributed by atoms with Gasteiger partial charge in [-0.25, -0.2) is 19.3 Å². The lowest BCUT2D eigenvalue weighted by Gasteiger charge is -1.88. The second kappa shape index (κ2) is 8.05. The van der Waals surface area contributed by atoms with Gasteiger partial charge in [-0.15, -0.1) is 9.05 Å². The highest BCUT2D eigenvalue weighted by atomic mass is 31.1. The summed E-state index contributed by atoms with van der Waals surface area (Å²) >= 11 is 0. The van der Waals surface area contributed by atoms with Crippen molar-refractivity contribution in [1.29, 1.82) is 0 Å². The third-order valence-electron chi connectivity index (χ3n) is 1.94. The van der Waals surface area contributed by atoms with Crippen LogP contribution in [0.1, 0.15) is 0 Å². The van der Waals surface area contributed by atoms with Crippen molar-refractivity contribution < 1.29 is 13.6 Å². The Hall–Kier alpha value is -2.22. The Morgan fingerprint density at radius 1 is 0.950 bits per heavy atom. The Morgan fingerprint density at radius 3 is 1.85 bits per heavy atom. The zero-order valence-corrected chi connectivity index (χ0v) is 11.3. The van der Waals surface area contributed by atoms with Crippen LogP contribution in [0.3, 0.4) is 0 Å². The van der Waals surface area contributed by atoms with Crippen LogP contribution in [0.2, 0.25) is 0 Å². The first kappa shape index (κ1) is 14.2. The molecule has 0 N–H and O–H groups in total. The first-order valence-electron chi connectivity index (χ1n) is 5.59. The van der Waals surface area contributed by atoms with E-state index in [9.17, 15) is 4.57 Å². The standard InChI is InChI=1S/C10H12N6O3P/c17-20(18-5-1-3-15-9-11-7-13-15)19-6-2-4-16-10-12-8-14-16/h1-4,7-10H,5-6H2/q+1. The van der Waals surface area contributed by atoms with Crippen molar-refractivity contribution in [2.45, 2.75) is 0 Å². The second-order valence-electron chi connectivity index (χ2n) is 3.34. The first-order chi connectivity index (χ1) is 9.84. The minimum absolute atomic E-state index is 0.155. The fourth-order valence-corrected chi connectivity index (χ4v) is 1.63. The zero-order valence-electron chi connectivity index (χ0n) is 10.4. The molecule has 0 saturated heterocycles. The van der Waals surface area contributed by atoms with Crippen LogP contribution in [0.5, 0.6) is 0 Å².